The van der Waals surface area contributed by atoms with Gasteiger partial charge in [-0.2, -0.15) is 0 Å². The van der Waals surface area contributed by atoms with Gasteiger partial charge in [0.05, 0.1) is 6.61 Å². The van der Waals surface area contributed by atoms with E-state index < -0.39 is 0 Å². The van der Waals surface area contributed by atoms with Crippen LogP contribution in [0.1, 0.15) is 56.7 Å². The van der Waals surface area contributed by atoms with Gasteiger partial charge in [-0.15, -0.1) is 0 Å². The van der Waals surface area contributed by atoms with Gasteiger partial charge in [0, 0.05) is 30.7 Å². The maximum Gasteiger partial charge on any atom is 0.109 e. The van der Waals surface area contributed by atoms with Crippen LogP contribution in [0, 0.1) is 18.3 Å². The number of ether oxygens (including phenoxy) is 1. The Kier molecular flexibility index (Phi) is 3.67. The molecular formula is C17H27NO2. The van der Waals surface area contributed by atoms with Crippen molar-refractivity contribution in [2.75, 3.05) is 13.2 Å². The molecule has 0 amide bonds. The lowest BCUT2D eigenvalue weighted by Gasteiger charge is -2.37. The highest BCUT2D eigenvalue weighted by Crippen LogP contribution is 2.42. The summed E-state index contributed by atoms with van der Waals surface area (Å²) in [4.78, 5) is 0. The van der Waals surface area contributed by atoms with E-state index in [0.29, 0.717) is 23.4 Å². The first-order chi connectivity index (χ1) is 9.44. The fraction of sp³-hybridized carbons (Fsp3) is 0.765. The van der Waals surface area contributed by atoms with Crippen molar-refractivity contribution in [1.82, 2.24) is 5.32 Å². The summed E-state index contributed by atoms with van der Waals surface area (Å²) in [6.45, 7) is 10.9. The lowest BCUT2D eigenvalue weighted by molar-refractivity contribution is 0.170. The smallest absolute Gasteiger partial charge is 0.109 e. The minimum absolute atomic E-state index is 0.306. The van der Waals surface area contributed by atoms with Gasteiger partial charge in [0.1, 0.15) is 11.5 Å². The van der Waals surface area contributed by atoms with Crippen LogP contribution in [0.25, 0.3) is 0 Å². The summed E-state index contributed by atoms with van der Waals surface area (Å²) >= 11 is 0. The molecule has 112 valence electrons. The van der Waals surface area contributed by atoms with Crippen molar-refractivity contribution in [3.8, 4) is 0 Å². The zero-order valence-electron chi connectivity index (χ0n) is 13.2. The molecule has 0 aromatic carbocycles. The highest BCUT2D eigenvalue weighted by Gasteiger charge is 2.36. The van der Waals surface area contributed by atoms with Gasteiger partial charge >= 0.3 is 0 Å². The van der Waals surface area contributed by atoms with E-state index in [9.17, 15) is 0 Å². The highest BCUT2D eigenvalue weighted by atomic mass is 16.5. The number of rotatable bonds is 3. The molecule has 3 nitrogen and oxygen atoms in total. The number of hydrogen-bond acceptors (Lipinski definition) is 3. The van der Waals surface area contributed by atoms with Crippen LogP contribution in [0.15, 0.2) is 10.5 Å². The topological polar surface area (TPSA) is 34.4 Å². The minimum atomic E-state index is 0.306. The van der Waals surface area contributed by atoms with Gasteiger partial charge in [-0.3, -0.25) is 0 Å². The van der Waals surface area contributed by atoms with E-state index in [2.05, 4.69) is 39.1 Å². The zero-order chi connectivity index (χ0) is 14.3. The Bertz CT molecular complexity index is 471. The number of fused-ring (bicyclic) bond motifs is 1. The third-order valence-electron chi connectivity index (χ3n) is 4.87. The molecule has 0 bridgehead atoms. The van der Waals surface area contributed by atoms with Crippen LogP contribution >= 0.6 is 0 Å². The zero-order valence-corrected chi connectivity index (χ0v) is 13.2. The second kappa shape index (κ2) is 5.19. The van der Waals surface area contributed by atoms with Crippen molar-refractivity contribution in [2.24, 2.45) is 11.3 Å². The van der Waals surface area contributed by atoms with Gasteiger partial charge < -0.3 is 14.5 Å². The minimum Gasteiger partial charge on any atom is -0.466 e. The summed E-state index contributed by atoms with van der Waals surface area (Å²) in [6, 6.07) is 3.14. The Morgan fingerprint density at radius 1 is 1.40 bits per heavy atom. The Morgan fingerprint density at radius 2 is 2.20 bits per heavy atom. The van der Waals surface area contributed by atoms with E-state index in [1.165, 1.54) is 24.2 Å². The third kappa shape index (κ3) is 2.79. The van der Waals surface area contributed by atoms with Crippen molar-refractivity contribution in [2.45, 2.75) is 59.0 Å². The highest BCUT2D eigenvalue weighted by molar-refractivity contribution is 5.29. The van der Waals surface area contributed by atoms with Crippen LogP contribution in [0.5, 0.6) is 0 Å². The Labute approximate surface area is 122 Å². The first-order valence-corrected chi connectivity index (χ1v) is 7.88. The summed E-state index contributed by atoms with van der Waals surface area (Å²) in [7, 11) is 0. The molecule has 1 N–H and O–H groups in total. The second-order valence-corrected chi connectivity index (χ2v) is 7.41. The molecule has 3 heteroatoms. The van der Waals surface area contributed by atoms with E-state index >= 15 is 0 Å². The maximum absolute atomic E-state index is 5.91. The molecular weight excluding hydrogens is 250 g/mol. The van der Waals surface area contributed by atoms with Crippen LogP contribution in [-0.2, 0) is 11.2 Å². The molecule has 2 heterocycles. The SMILES string of the molecule is Cc1cc2c(o1)CC(C)(C)CC2NC(C)C1CCOC1. The predicted molar refractivity (Wildman–Crippen MR) is 79.8 cm³/mol. The van der Waals surface area contributed by atoms with Gasteiger partial charge in [-0.1, -0.05) is 13.8 Å². The van der Waals surface area contributed by atoms with Crippen molar-refractivity contribution in [3.05, 3.63) is 23.2 Å². The van der Waals surface area contributed by atoms with Crippen molar-refractivity contribution in [3.63, 3.8) is 0 Å². The summed E-state index contributed by atoms with van der Waals surface area (Å²) < 4.78 is 11.4. The summed E-state index contributed by atoms with van der Waals surface area (Å²) in [5.41, 5.74) is 1.69. The first kappa shape index (κ1) is 14.2. The van der Waals surface area contributed by atoms with Crippen molar-refractivity contribution < 1.29 is 9.15 Å². The van der Waals surface area contributed by atoms with E-state index in [0.717, 1.165) is 25.4 Å². The van der Waals surface area contributed by atoms with Gasteiger partial charge in [-0.05, 0) is 44.1 Å². The molecule has 3 atom stereocenters. The van der Waals surface area contributed by atoms with Gasteiger partial charge in [0.15, 0.2) is 0 Å². The predicted octanol–water partition coefficient (Wildman–Crippen LogP) is 3.62. The average Bonchev–Trinajstić information content (AvgIpc) is 2.95. The summed E-state index contributed by atoms with van der Waals surface area (Å²) in [5.74, 6) is 2.87. The molecule has 1 fully saturated rings. The fourth-order valence-electron chi connectivity index (χ4n) is 3.73. The van der Waals surface area contributed by atoms with Crippen molar-refractivity contribution in [1.29, 1.82) is 0 Å². The number of furan rings is 1. The van der Waals surface area contributed by atoms with Gasteiger partial charge in [0.25, 0.3) is 0 Å². The standard InChI is InChI=1S/C17H27NO2/c1-11-7-14-15(8-17(3,4)9-16(14)20-11)18-12(2)13-5-6-19-10-13/h7,12-13,15,18H,5-6,8-10H2,1-4H3. The van der Waals surface area contributed by atoms with Gasteiger partial charge in [-0.25, -0.2) is 0 Å². The van der Waals surface area contributed by atoms with Gasteiger partial charge in [0.2, 0.25) is 0 Å². The maximum atomic E-state index is 5.91. The van der Waals surface area contributed by atoms with Crippen LogP contribution < -0.4 is 5.32 Å². The third-order valence-corrected chi connectivity index (χ3v) is 4.87. The molecule has 1 aromatic rings. The molecule has 1 aromatic heterocycles. The lowest BCUT2D eigenvalue weighted by Crippen LogP contribution is -2.40. The molecule has 0 saturated carbocycles. The number of nitrogens with one attached hydrogen (secondary N) is 1. The van der Waals surface area contributed by atoms with Crippen LogP contribution in [0.3, 0.4) is 0 Å². The Balaban J connectivity index is 1.77. The molecule has 2 aliphatic rings. The van der Waals surface area contributed by atoms with E-state index in [1.54, 1.807) is 0 Å². The largest absolute Gasteiger partial charge is 0.466 e. The molecule has 1 aliphatic carbocycles. The van der Waals surface area contributed by atoms with E-state index in [-0.39, 0.29) is 0 Å². The van der Waals surface area contributed by atoms with Crippen LogP contribution in [-0.4, -0.2) is 19.3 Å². The molecule has 3 unspecified atom stereocenters. The van der Waals surface area contributed by atoms with Crippen molar-refractivity contribution >= 4 is 0 Å². The monoisotopic (exact) mass is 277 g/mol. The first-order valence-electron chi connectivity index (χ1n) is 7.88. The molecule has 0 radical (unpaired) electrons. The Hall–Kier alpha value is -0.800. The quantitative estimate of drug-likeness (QED) is 0.916. The summed E-state index contributed by atoms with van der Waals surface area (Å²) in [5, 5.41) is 3.85. The second-order valence-electron chi connectivity index (χ2n) is 7.41. The fourth-order valence-corrected chi connectivity index (χ4v) is 3.73. The number of aryl methyl sites for hydroxylation is 1. The molecule has 20 heavy (non-hydrogen) atoms. The lowest BCUT2D eigenvalue weighted by atomic mass is 9.74. The molecule has 0 spiro atoms. The normalized spacial score (nSPS) is 30.2. The molecule has 3 rings (SSSR count). The van der Waals surface area contributed by atoms with Crippen LogP contribution in [0.4, 0.5) is 0 Å². The summed E-state index contributed by atoms with van der Waals surface area (Å²) in [6.07, 6.45) is 3.41. The average molecular weight is 277 g/mol. The molecule has 1 saturated heterocycles. The molecule has 1 aliphatic heterocycles. The van der Waals surface area contributed by atoms with E-state index in [1.807, 2.05) is 0 Å². The number of hydrogen-bond donors (Lipinski definition) is 1. The van der Waals surface area contributed by atoms with E-state index in [4.69, 9.17) is 9.15 Å². The van der Waals surface area contributed by atoms with Crippen LogP contribution in [0.2, 0.25) is 0 Å². The Morgan fingerprint density at radius 3 is 2.90 bits per heavy atom.